The summed E-state index contributed by atoms with van der Waals surface area (Å²) in [5.74, 6) is 2.55. The van der Waals surface area contributed by atoms with Crippen molar-refractivity contribution in [3.8, 4) is 0 Å². The SMILES string of the molecule is CC(C)CC[C@@H](CC[NH+]1Cc2ccccc2C1)[C@H]1CCOC(C)(C)C1. The van der Waals surface area contributed by atoms with Crippen LogP contribution in [0.5, 0.6) is 0 Å². The molecule has 0 bridgehead atoms. The molecule has 2 heterocycles. The lowest BCUT2D eigenvalue weighted by atomic mass is 9.75. The Balaban J connectivity index is 1.56. The van der Waals surface area contributed by atoms with E-state index in [-0.39, 0.29) is 5.60 Å². The van der Waals surface area contributed by atoms with Crippen LogP contribution in [-0.2, 0) is 17.8 Å². The van der Waals surface area contributed by atoms with Gasteiger partial charge in [0.05, 0.1) is 12.1 Å². The van der Waals surface area contributed by atoms with E-state index in [1.54, 1.807) is 16.0 Å². The zero-order chi connectivity index (χ0) is 17.9. The average Bonchev–Trinajstić information content (AvgIpc) is 2.96. The summed E-state index contributed by atoms with van der Waals surface area (Å²) in [6.07, 6.45) is 6.67. The lowest BCUT2D eigenvalue weighted by Gasteiger charge is -2.39. The molecular formula is C23H38NO+. The van der Waals surface area contributed by atoms with Gasteiger partial charge in [0.25, 0.3) is 0 Å². The standard InChI is InChI=1S/C23H37NO/c1-18(2)9-10-19(20-12-14-25-23(3,4)15-20)11-13-24-16-21-7-5-6-8-22(21)17-24/h5-8,18-20H,9-17H2,1-4H3/p+1/t19-,20-/m0/s1. The summed E-state index contributed by atoms with van der Waals surface area (Å²) in [5.41, 5.74) is 3.22. The Labute approximate surface area is 154 Å². The summed E-state index contributed by atoms with van der Waals surface area (Å²) in [6.45, 7) is 14.0. The summed E-state index contributed by atoms with van der Waals surface area (Å²) >= 11 is 0. The zero-order valence-electron chi connectivity index (χ0n) is 16.8. The lowest BCUT2D eigenvalue weighted by Crippen LogP contribution is -3.07. The second kappa shape index (κ2) is 8.22. The Hall–Kier alpha value is -0.860. The van der Waals surface area contributed by atoms with E-state index >= 15 is 0 Å². The fourth-order valence-corrected chi connectivity index (χ4v) is 4.91. The van der Waals surface area contributed by atoms with Crippen LogP contribution in [0.25, 0.3) is 0 Å². The van der Waals surface area contributed by atoms with E-state index in [0.29, 0.717) is 0 Å². The summed E-state index contributed by atoms with van der Waals surface area (Å²) in [5, 5.41) is 0. The first-order chi connectivity index (χ1) is 11.9. The maximum atomic E-state index is 5.99. The van der Waals surface area contributed by atoms with Gasteiger partial charge in [0.1, 0.15) is 13.1 Å². The normalized spacial score (nSPS) is 24.4. The Morgan fingerprint density at radius 2 is 1.76 bits per heavy atom. The van der Waals surface area contributed by atoms with Crippen LogP contribution in [0.1, 0.15) is 70.9 Å². The molecule has 2 nitrogen and oxygen atoms in total. The summed E-state index contributed by atoms with van der Waals surface area (Å²) < 4.78 is 5.99. The smallest absolute Gasteiger partial charge is 0.104 e. The van der Waals surface area contributed by atoms with Gasteiger partial charge in [-0.25, -0.2) is 0 Å². The van der Waals surface area contributed by atoms with Crippen molar-refractivity contribution in [2.45, 2.75) is 78.5 Å². The van der Waals surface area contributed by atoms with Crippen molar-refractivity contribution < 1.29 is 9.64 Å². The molecule has 2 aliphatic heterocycles. The minimum Gasteiger partial charge on any atom is -0.376 e. The topological polar surface area (TPSA) is 13.7 Å². The molecule has 0 unspecified atom stereocenters. The van der Waals surface area contributed by atoms with Crippen molar-refractivity contribution in [2.24, 2.45) is 17.8 Å². The zero-order valence-corrected chi connectivity index (χ0v) is 16.8. The van der Waals surface area contributed by atoms with Crippen LogP contribution in [0.15, 0.2) is 24.3 Å². The maximum absolute atomic E-state index is 5.99. The van der Waals surface area contributed by atoms with Crippen LogP contribution in [0.3, 0.4) is 0 Å². The van der Waals surface area contributed by atoms with Gasteiger partial charge in [0, 0.05) is 17.7 Å². The van der Waals surface area contributed by atoms with Crippen LogP contribution in [0.2, 0.25) is 0 Å². The molecule has 1 fully saturated rings. The molecule has 3 rings (SSSR count). The molecule has 0 amide bonds. The number of fused-ring (bicyclic) bond motifs is 1. The maximum Gasteiger partial charge on any atom is 0.104 e. The van der Waals surface area contributed by atoms with Gasteiger partial charge in [-0.2, -0.15) is 0 Å². The fourth-order valence-electron chi connectivity index (χ4n) is 4.91. The number of rotatable bonds is 7. The van der Waals surface area contributed by atoms with E-state index in [9.17, 15) is 0 Å². The molecule has 1 N–H and O–H groups in total. The number of benzene rings is 1. The molecule has 0 aromatic heterocycles. The van der Waals surface area contributed by atoms with Crippen LogP contribution < -0.4 is 4.90 Å². The van der Waals surface area contributed by atoms with Crippen molar-refractivity contribution in [1.82, 2.24) is 0 Å². The predicted molar refractivity (Wildman–Crippen MR) is 105 cm³/mol. The van der Waals surface area contributed by atoms with Crippen molar-refractivity contribution in [3.05, 3.63) is 35.4 Å². The molecule has 1 saturated heterocycles. The third-order valence-electron chi connectivity index (χ3n) is 6.38. The average molecular weight is 345 g/mol. The van der Waals surface area contributed by atoms with Crippen LogP contribution in [0, 0.1) is 17.8 Å². The molecule has 140 valence electrons. The Morgan fingerprint density at radius 3 is 2.36 bits per heavy atom. The van der Waals surface area contributed by atoms with E-state index in [1.165, 1.54) is 51.7 Å². The van der Waals surface area contributed by atoms with Crippen LogP contribution in [-0.4, -0.2) is 18.8 Å². The molecule has 0 radical (unpaired) electrons. The first kappa shape index (κ1) is 18.9. The van der Waals surface area contributed by atoms with Gasteiger partial charge in [-0.05, 0) is 57.3 Å². The lowest BCUT2D eigenvalue weighted by molar-refractivity contribution is -0.921. The summed E-state index contributed by atoms with van der Waals surface area (Å²) in [6, 6.07) is 9.02. The van der Waals surface area contributed by atoms with E-state index in [2.05, 4.69) is 52.0 Å². The molecule has 0 saturated carbocycles. The second-order valence-corrected chi connectivity index (χ2v) is 9.50. The number of quaternary nitrogens is 1. The summed E-state index contributed by atoms with van der Waals surface area (Å²) in [7, 11) is 0. The van der Waals surface area contributed by atoms with E-state index < -0.39 is 0 Å². The Morgan fingerprint density at radius 1 is 1.08 bits per heavy atom. The molecule has 0 aliphatic carbocycles. The third-order valence-corrected chi connectivity index (χ3v) is 6.38. The molecule has 1 aromatic carbocycles. The van der Waals surface area contributed by atoms with E-state index in [0.717, 1.165) is 24.4 Å². The first-order valence-corrected chi connectivity index (χ1v) is 10.5. The van der Waals surface area contributed by atoms with Gasteiger partial charge in [-0.1, -0.05) is 44.5 Å². The van der Waals surface area contributed by atoms with Crippen LogP contribution in [0.4, 0.5) is 0 Å². The minimum absolute atomic E-state index is 0.0791. The highest BCUT2D eigenvalue weighted by Crippen LogP contribution is 2.37. The van der Waals surface area contributed by atoms with Crippen molar-refractivity contribution in [1.29, 1.82) is 0 Å². The van der Waals surface area contributed by atoms with E-state index in [4.69, 9.17) is 4.74 Å². The highest BCUT2D eigenvalue weighted by Gasteiger charge is 2.34. The van der Waals surface area contributed by atoms with Gasteiger partial charge >= 0.3 is 0 Å². The number of hydrogen-bond donors (Lipinski definition) is 1. The molecule has 0 spiro atoms. The predicted octanol–water partition coefficient (Wildman–Crippen LogP) is 4.23. The molecule has 1 aromatic rings. The molecule has 2 heteroatoms. The molecule has 2 atom stereocenters. The van der Waals surface area contributed by atoms with Crippen molar-refractivity contribution >= 4 is 0 Å². The van der Waals surface area contributed by atoms with Crippen molar-refractivity contribution in [3.63, 3.8) is 0 Å². The largest absolute Gasteiger partial charge is 0.376 e. The summed E-state index contributed by atoms with van der Waals surface area (Å²) in [4.78, 5) is 1.77. The first-order valence-electron chi connectivity index (χ1n) is 10.5. The molecule has 2 aliphatic rings. The molecular weight excluding hydrogens is 306 g/mol. The van der Waals surface area contributed by atoms with Crippen molar-refractivity contribution in [2.75, 3.05) is 13.2 Å². The van der Waals surface area contributed by atoms with Gasteiger partial charge in [0.15, 0.2) is 0 Å². The van der Waals surface area contributed by atoms with Gasteiger partial charge in [0.2, 0.25) is 0 Å². The highest BCUT2D eigenvalue weighted by atomic mass is 16.5. The monoisotopic (exact) mass is 344 g/mol. The number of nitrogens with one attached hydrogen (secondary N) is 1. The highest BCUT2D eigenvalue weighted by molar-refractivity contribution is 5.27. The number of ether oxygens (including phenoxy) is 1. The molecule has 25 heavy (non-hydrogen) atoms. The van der Waals surface area contributed by atoms with Gasteiger partial charge in [-0.3, -0.25) is 0 Å². The fraction of sp³-hybridized carbons (Fsp3) is 0.739. The Bertz CT molecular complexity index is 526. The quantitative estimate of drug-likeness (QED) is 0.781. The second-order valence-electron chi connectivity index (χ2n) is 9.50. The third kappa shape index (κ3) is 5.31. The van der Waals surface area contributed by atoms with Crippen LogP contribution >= 0.6 is 0 Å². The van der Waals surface area contributed by atoms with Gasteiger partial charge in [-0.15, -0.1) is 0 Å². The minimum atomic E-state index is 0.0791. The van der Waals surface area contributed by atoms with E-state index in [1.807, 2.05) is 0 Å². The van der Waals surface area contributed by atoms with Gasteiger partial charge < -0.3 is 9.64 Å². The Kier molecular flexibility index (Phi) is 6.22. The number of hydrogen-bond acceptors (Lipinski definition) is 1.